The van der Waals surface area contributed by atoms with Gasteiger partial charge in [0.25, 0.3) is 0 Å². The number of halogens is 2. The molecule has 1 atom stereocenters. The van der Waals surface area contributed by atoms with E-state index in [1.807, 2.05) is 25.2 Å². The van der Waals surface area contributed by atoms with E-state index in [1.54, 1.807) is 0 Å². The summed E-state index contributed by atoms with van der Waals surface area (Å²) in [6, 6.07) is 8.78. The van der Waals surface area contributed by atoms with E-state index in [0.29, 0.717) is 6.04 Å². The molecule has 0 amide bonds. The van der Waals surface area contributed by atoms with Gasteiger partial charge in [-0.1, -0.05) is 23.7 Å². The third-order valence-corrected chi connectivity index (χ3v) is 3.21. The Bertz CT molecular complexity index is 331. The summed E-state index contributed by atoms with van der Waals surface area (Å²) in [5.41, 5.74) is 1.30. The van der Waals surface area contributed by atoms with Crippen molar-refractivity contribution in [3.8, 4) is 0 Å². The molecule has 1 fully saturated rings. The highest BCUT2D eigenvalue weighted by atomic mass is 35.5. The van der Waals surface area contributed by atoms with Crippen molar-refractivity contribution in [3.05, 3.63) is 34.9 Å². The Labute approximate surface area is 108 Å². The van der Waals surface area contributed by atoms with Crippen LogP contribution in [-0.4, -0.2) is 31.1 Å². The normalized spacial score (nSPS) is 20.8. The average molecular weight is 261 g/mol. The molecule has 2 nitrogen and oxygen atoms in total. The number of likely N-dealkylation sites (N-methyl/N-ethyl adjacent to an activating group) is 1. The number of likely N-dealkylation sites (tertiary alicyclic amines) is 1. The van der Waals surface area contributed by atoms with Crippen LogP contribution in [0.3, 0.4) is 0 Å². The predicted octanol–water partition coefficient (Wildman–Crippen LogP) is 2.56. The summed E-state index contributed by atoms with van der Waals surface area (Å²) < 4.78 is 0. The first kappa shape index (κ1) is 13.8. The maximum absolute atomic E-state index is 5.96. The van der Waals surface area contributed by atoms with E-state index in [1.165, 1.54) is 18.5 Å². The molecule has 0 aromatic heterocycles. The molecule has 1 aromatic rings. The minimum Gasteiger partial charge on any atom is -0.316 e. The highest BCUT2D eigenvalue weighted by Gasteiger charge is 2.20. The van der Waals surface area contributed by atoms with Crippen molar-refractivity contribution in [1.82, 2.24) is 10.2 Å². The Kier molecular flexibility index (Phi) is 5.56. The lowest BCUT2D eigenvalue weighted by Crippen LogP contribution is -2.29. The van der Waals surface area contributed by atoms with Gasteiger partial charge < -0.3 is 5.32 Å². The zero-order valence-electron chi connectivity index (χ0n) is 9.45. The van der Waals surface area contributed by atoms with Gasteiger partial charge in [0.2, 0.25) is 0 Å². The smallest absolute Gasteiger partial charge is 0.0409 e. The van der Waals surface area contributed by atoms with E-state index >= 15 is 0 Å². The molecule has 0 spiro atoms. The number of hydrogen-bond donors (Lipinski definition) is 1. The lowest BCUT2D eigenvalue weighted by atomic mass is 10.2. The highest BCUT2D eigenvalue weighted by molar-refractivity contribution is 6.30. The fourth-order valence-corrected chi connectivity index (χ4v) is 2.32. The standard InChI is InChI=1S/C12H17ClN2.ClH/c1-14-12-5-6-15(9-12)8-10-3-2-4-11(13)7-10;/h2-4,7,12,14H,5-6,8-9H2,1H3;1H. The van der Waals surface area contributed by atoms with Crippen LogP contribution in [0.5, 0.6) is 0 Å². The van der Waals surface area contributed by atoms with Crippen LogP contribution in [0, 0.1) is 0 Å². The summed E-state index contributed by atoms with van der Waals surface area (Å²) in [6.45, 7) is 3.33. The minimum absolute atomic E-state index is 0. The molecule has 1 aliphatic heterocycles. The van der Waals surface area contributed by atoms with Crippen molar-refractivity contribution >= 4 is 24.0 Å². The Morgan fingerprint density at radius 3 is 2.94 bits per heavy atom. The fourth-order valence-electron chi connectivity index (χ4n) is 2.11. The third kappa shape index (κ3) is 3.63. The minimum atomic E-state index is 0. The molecule has 16 heavy (non-hydrogen) atoms. The van der Waals surface area contributed by atoms with Gasteiger partial charge in [0.1, 0.15) is 0 Å². The summed E-state index contributed by atoms with van der Waals surface area (Å²) in [5.74, 6) is 0. The Hall–Kier alpha value is -0.280. The monoisotopic (exact) mass is 260 g/mol. The lowest BCUT2D eigenvalue weighted by molar-refractivity contribution is 0.322. The van der Waals surface area contributed by atoms with Gasteiger partial charge in [0, 0.05) is 30.7 Å². The van der Waals surface area contributed by atoms with Crippen LogP contribution in [0.25, 0.3) is 0 Å². The van der Waals surface area contributed by atoms with Crippen LogP contribution in [-0.2, 0) is 6.54 Å². The molecule has 1 saturated heterocycles. The fraction of sp³-hybridized carbons (Fsp3) is 0.500. The summed E-state index contributed by atoms with van der Waals surface area (Å²) in [4.78, 5) is 2.47. The van der Waals surface area contributed by atoms with Gasteiger partial charge in [-0.3, -0.25) is 4.90 Å². The molecule has 2 rings (SSSR count). The lowest BCUT2D eigenvalue weighted by Gasteiger charge is -2.15. The van der Waals surface area contributed by atoms with E-state index in [2.05, 4.69) is 16.3 Å². The summed E-state index contributed by atoms with van der Waals surface area (Å²) >= 11 is 5.96. The Balaban J connectivity index is 0.00000128. The zero-order valence-corrected chi connectivity index (χ0v) is 11.0. The van der Waals surface area contributed by atoms with Crippen LogP contribution in [0.2, 0.25) is 5.02 Å². The Morgan fingerprint density at radius 1 is 1.50 bits per heavy atom. The largest absolute Gasteiger partial charge is 0.316 e. The number of hydrogen-bond acceptors (Lipinski definition) is 2. The van der Waals surface area contributed by atoms with Gasteiger partial charge in [-0.2, -0.15) is 0 Å². The first-order valence-corrected chi connectivity index (χ1v) is 5.80. The van der Waals surface area contributed by atoms with Crippen molar-refractivity contribution in [2.24, 2.45) is 0 Å². The molecule has 0 bridgehead atoms. The van der Waals surface area contributed by atoms with Crippen LogP contribution < -0.4 is 5.32 Å². The molecule has 1 heterocycles. The first-order valence-electron chi connectivity index (χ1n) is 5.42. The Morgan fingerprint density at radius 2 is 2.31 bits per heavy atom. The summed E-state index contributed by atoms with van der Waals surface area (Å²) in [6.07, 6.45) is 1.25. The van der Waals surface area contributed by atoms with Crippen molar-refractivity contribution < 1.29 is 0 Å². The van der Waals surface area contributed by atoms with Gasteiger partial charge in [-0.25, -0.2) is 0 Å². The molecule has 1 aromatic carbocycles. The molecule has 4 heteroatoms. The summed E-state index contributed by atoms with van der Waals surface area (Å²) in [5, 5.41) is 4.15. The van der Waals surface area contributed by atoms with E-state index in [9.17, 15) is 0 Å². The molecular weight excluding hydrogens is 243 g/mol. The van der Waals surface area contributed by atoms with Gasteiger partial charge in [-0.05, 0) is 31.2 Å². The average Bonchev–Trinajstić information content (AvgIpc) is 2.65. The topological polar surface area (TPSA) is 15.3 Å². The van der Waals surface area contributed by atoms with Crippen LogP contribution in [0.4, 0.5) is 0 Å². The van der Waals surface area contributed by atoms with E-state index < -0.39 is 0 Å². The summed E-state index contributed by atoms with van der Waals surface area (Å²) in [7, 11) is 2.04. The predicted molar refractivity (Wildman–Crippen MR) is 71.4 cm³/mol. The maximum atomic E-state index is 5.96. The molecule has 0 radical (unpaired) electrons. The molecule has 1 unspecified atom stereocenters. The van der Waals surface area contributed by atoms with Crippen LogP contribution in [0.1, 0.15) is 12.0 Å². The molecule has 0 saturated carbocycles. The quantitative estimate of drug-likeness (QED) is 0.899. The zero-order chi connectivity index (χ0) is 10.7. The maximum Gasteiger partial charge on any atom is 0.0409 e. The highest BCUT2D eigenvalue weighted by Crippen LogP contribution is 2.16. The number of rotatable bonds is 3. The number of nitrogens with one attached hydrogen (secondary N) is 1. The van der Waals surface area contributed by atoms with E-state index in [-0.39, 0.29) is 12.4 Å². The molecule has 1 N–H and O–H groups in total. The van der Waals surface area contributed by atoms with Crippen molar-refractivity contribution in [2.75, 3.05) is 20.1 Å². The molecule has 90 valence electrons. The van der Waals surface area contributed by atoms with Crippen LogP contribution >= 0.6 is 24.0 Å². The second-order valence-electron chi connectivity index (χ2n) is 4.14. The van der Waals surface area contributed by atoms with E-state index in [4.69, 9.17) is 11.6 Å². The van der Waals surface area contributed by atoms with Gasteiger partial charge >= 0.3 is 0 Å². The third-order valence-electron chi connectivity index (χ3n) is 2.98. The SMILES string of the molecule is CNC1CCN(Cc2cccc(Cl)c2)C1.Cl. The van der Waals surface area contributed by atoms with Crippen LogP contribution in [0.15, 0.2) is 24.3 Å². The number of benzene rings is 1. The van der Waals surface area contributed by atoms with Gasteiger partial charge in [0.05, 0.1) is 0 Å². The first-order chi connectivity index (χ1) is 7.28. The van der Waals surface area contributed by atoms with Crippen molar-refractivity contribution in [1.29, 1.82) is 0 Å². The number of nitrogens with zero attached hydrogens (tertiary/aromatic N) is 1. The molecule has 0 aliphatic carbocycles. The van der Waals surface area contributed by atoms with E-state index in [0.717, 1.165) is 18.1 Å². The van der Waals surface area contributed by atoms with Crippen molar-refractivity contribution in [3.63, 3.8) is 0 Å². The van der Waals surface area contributed by atoms with Gasteiger partial charge in [0.15, 0.2) is 0 Å². The molecular formula is C12H18Cl2N2. The van der Waals surface area contributed by atoms with Gasteiger partial charge in [-0.15, -0.1) is 12.4 Å². The molecule has 1 aliphatic rings. The second kappa shape index (κ2) is 6.45. The van der Waals surface area contributed by atoms with Crippen molar-refractivity contribution in [2.45, 2.75) is 19.0 Å². The second-order valence-corrected chi connectivity index (χ2v) is 4.58.